The Morgan fingerprint density at radius 2 is 1.70 bits per heavy atom. The van der Waals surface area contributed by atoms with Crippen molar-refractivity contribution in [1.29, 1.82) is 0 Å². The molecule has 0 fully saturated rings. The molecule has 0 aliphatic rings. The van der Waals surface area contributed by atoms with E-state index in [1.165, 1.54) is 0 Å². The highest BCUT2D eigenvalue weighted by Gasteiger charge is 2.14. The van der Waals surface area contributed by atoms with Gasteiger partial charge in [0.05, 0.1) is 24.2 Å². The maximum Gasteiger partial charge on any atom is 0.251 e. The molecule has 0 unspecified atom stereocenters. The topological polar surface area (TPSA) is 56.2 Å². The summed E-state index contributed by atoms with van der Waals surface area (Å²) in [6.07, 6.45) is 0.839. The molecule has 0 aliphatic heterocycles. The molecule has 0 bridgehead atoms. The molecule has 0 radical (unpaired) electrons. The van der Waals surface area contributed by atoms with Crippen LogP contribution < -0.4 is 10.1 Å². The Morgan fingerprint density at radius 1 is 0.939 bits per heavy atom. The molecule has 0 aliphatic carbocycles. The lowest BCUT2D eigenvalue weighted by atomic mass is 10.1. The summed E-state index contributed by atoms with van der Waals surface area (Å²) < 4.78 is 8.28. The molecule has 1 aromatic heterocycles. The first-order valence-corrected chi connectivity index (χ1v) is 11.4. The number of hydrogen-bond acceptors (Lipinski definition) is 3. The monoisotopic (exact) mass is 441 g/mol. The van der Waals surface area contributed by atoms with Gasteiger partial charge in [0, 0.05) is 12.1 Å². The van der Waals surface area contributed by atoms with Gasteiger partial charge in [-0.05, 0) is 69.0 Å². The lowest BCUT2D eigenvalue weighted by molar-refractivity contribution is 0.0949. The number of para-hydroxylation sites is 3. The van der Waals surface area contributed by atoms with Crippen molar-refractivity contribution in [2.24, 2.45) is 0 Å². The van der Waals surface area contributed by atoms with Crippen LogP contribution in [0, 0.1) is 27.7 Å². The number of amides is 1. The first-order chi connectivity index (χ1) is 15.9. The molecule has 0 saturated heterocycles. The van der Waals surface area contributed by atoms with Crippen LogP contribution in [0.15, 0.2) is 60.7 Å². The van der Waals surface area contributed by atoms with Crippen molar-refractivity contribution >= 4 is 16.9 Å². The Morgan fingerprint density at radius 3 is 2.45 bits per heavy atom. The van der Waals surface area contributed by atoms with E-state index < -0.39 is 0 Å². The largest absolute Gasteiger partial charge is 0.493 e. The first-order valence-electron chi connectivity index (χ1n) is 11.4. The van der Waals surface area contributed by atoms with E-state index in [-0.39, 0.29) is 5.91 Å². The van der Waals surface area contributed by atoms with Gasteiger partial charge in [-0.2, -0.15) is 0 Å². The minimum Gasteiger partial charge on any atom is -0.493 e. The second-order valence-corrected chi connectivity index (χ2v) is 8.59. The fourth-order valence-corrected chi connectivity index (χ4v) is 4.26. The lowest BCUT2D eigenvalue weighted by Crippen LogP contribution is -2.25. The zero-order chi connectivity index (χ0) is 23.4. The molecule has 4 aromatic rings. The number of imidazole rings is 1. The minimum atomic E-state index is -0.0792. The quantitative estimate of drug-likeness (QED) is 0.359. The molecular formula is C28H31N3O2. The fraction of sp³-hybridized carbons (Fsp3) is 0.286. The van der Waals surface area contributed by atoms with E-state index in [9.17, 15) is 4.79 Å². The number of carbonyl (C=O) groups excluding carboxylic acids is 1. The molecule has 1 heterocycles. The summed E-state index contributed by atoms with van der Waals surface area (Å²) in [5.41, 5.74) is 7.13. The Labute approximate surface area is 195 Å². The summed E-state index contributed by atoms with van der Waals surface area (Å²) in [7, 11) is 0. The number of nitrogens with one attached hydrogen (secondary N) is 1. The highest BCUT2D eigenvalue weighted by molar-refractivity contribution is 5.95. The van der Waals surface area contributed by atoms with Gasteiger partial charge in [0.2, 0.25) is 0 Å². The summed E-state index contributed by atoms with van der Waals surface area (Å²) in [5, 5.41) is 3.05. The van der Waals surface area contributed by atoms with Crippen LogP contribution in [0.25, 0.3) is 11.0 Å². The van der Waals surface area contributed by atoms with E-state index in [4.69, 9.17) is 9.72 Å². The molecule has 170 valence electrons. The molecule has 3 aromatic carbocycles. The Kier molecular flexibility index (Phi) is 6.78. The molecule has 4 rings (SSSR count). The standard InChI is InChI=1S/C28H31N3O2/c1-19-13-14-23(22(4)17-19)28(32)29-18-26-30-24-11-5-6-12-25(24)31(26)15-8-16-33-27-20(2)9-7-10-21(27)3/h5-7,9-14,17H,8,15-16,18H2,1-4H3,(H,29,32). The van der Waals surface area contributed by atoms with Crippen LogP contribution in [0.1, 0.15) is 44.9 Å². The van der Waals surface area contributed by atoms with Crippen LogP contribution in [0.5, 0.6) is 5.75 Å². The van der Waals surface area contributed by atoms with Gasteiger partial charge in [-0.3, -0.25) is 4.79 Å². The molecule has 1 amide bonds. The average molecular weight is 442 g/mol. The molecule has 0 atom stereocenters. The lowest BCUT2D eigenvalue weighted by Gasteiger charge is -2.14. The number of ether oxygens (including phenoxy) is 1. The van der Waals surface area contributed by atoms with Crippen molar-refractivity contribution < 1.29 is 9.53 Å². The van der Waals surface area contributed by atoms with Crippen LogP contribution in [-0.4, -0.2) is 22.1 Å². The molecule has 0 saturated carbocycles. The van der Waals surface area contributed by atoms with E-state index in [0.717, 1.165) is 57.8 Å². The van der Waals surface area contributed by atoms with Crippen LogP contribution in [0.4, 0.5) is 0 Å². The van der Waals surface area contributed by atoms with Crippen molar-refractivity contribution in [3.63, 3.8) is 0 Å². The van der Waals surface area contributed by atoms with Gasteiger partial charge in [0.15, 0.2) is 0 Å². The summed E-state index contributed by atoms with van der Waals surface area (Å²) in [6.45, 7) is 9.89. The van der Waals surface area contributed by atoms with Crippen molar-refractivity contribution in [3.05, 3.63) is 94.3 Å². The summed E-state index contributed by atoms with van der Waals surface area (Å²) >= 11 is 0. The van der Waals surface area contributed by atoms with Gasteiger partial charge in [-0.25, -0.2) is 4.98 Å². The van der Waals surface area contributed by atoms with Crippen molar-refractivity contribution in [1.82, 2.24) is 14.9 Å². The molecule has 33 heavy (non-hydrogen) atoms. The van der Waals surface area contributed by atoms with E-state index >= 15 is 0 Å². The zero-order valence-corrected chi connectivity index (χ0v) is 19.8. The number of fused-ring (bicyclic) bond motifs is 1. The Bertz CT molecular complexity index is 1270. The maximum absolute atomic E-state index is 12.8. The van der Waals surface area contributed by atoms with Gasteiger partial charge in [0.25, 0.3) is 5.91 Å². The normalized spacial score (nSPS) is 11.0. The average Bonchev–Trinajstić information content (AvgIpc) is 3.14. The molecule has 0 spiro atoms. The third-order valence-electron chi connectivity index (χ3n) is 5.95. The minimum absolute atomic E-state index is 0.0792. The number of aromatic nitrogens is 2. The highest BCUT2D eigenvalue weighted by Crippen LogP contribution is 2.23. The van der Waals surface area contributed by atoms with Crippen molar-refractivity contribution in [2.45, 2.75) is 47.2 Å². The third kappa shape index (κ3) is 5.08. The Hall–Kier alpha value is -3.60. The first kappa shape index (κ1) is 22.6. The highest BCUT2D eigenvalue weighted by atomic mass is 16.5. The van der Waals surface area contributed by atoms with E-state index in [0.29, 0.717) is 18.7 Å². The second-order valence-electron chi connectivity index (χ2n) is 8.59. The SMILES string of the molecule is Cc1ccc(C(=O)NCc2nc3ccccc3n2CCCOc2c(C)cccc2C)c(C)c1. The van der Waals surface area contributed by atoms with E-state index in [1.54, 1.807) is 0 Å². The summed E-state index contributed by atoms with van der Waals surface area (Å²) in [6, 6.07) is 20.2. The number of nitrogens with zero attached hydrogens (tertiary/aromatic N) is 2. The number of benzene rings is 3. The third-order valence-corrected chi connectivity index (χ3v) is 5.95. The number of hydrogen-bond donors (Lipinski definition) is 1. The predicted octanol–water partition coefficient (Wildman–Crippen LogP) is 5.67. The van der Waals surface area contributed by atoms with Crippen LogP contribution in [-0.2, 0) is 13.1 Å². The number of aryl methyl sites for hydroxylation is 5. The van der Waals surface area contributed by atoms with Crippen LogP contribution >= 0.6 is 0 Å². The van der Waals surface area contributed by atoms with Crippen LogP contribution in [0.3, 0.4) is 0 Å². The predicted molar refractivity (Wildman–Crippen MR) is 133 cm³/mol. The number of rotatable bonds is 8. The van der Waals surface area contributed by atoms with Gasteiger partial charge >= 0.3 is 0 Å². The smallest absolute Gasteiger partial charge is 0.251 e. The molecule has 1 N–H and O–H groups in total. The zero-order valence-electron chi connectivity index (χ0n) is 19.8. The summed E-state index contributed by atoms with van der Waals surface area (Å²) in [4.78, 5) is 17.6. The van der Waals surface area contributed by atoms with E-state index in [1.807, 2.05) is 56.3 Å². The second kappa shape index (κ2) is 9.90. The van der Waals surface area contributed by atoms with E-state index in [2.05, 4.69) is 41.9 Å². The molecule has 5 heteroatoms. The van der Waals surface area contributed by atoms with Crippen molar-refractivity contribution in [3.8, 4) is 5.75 Å². The maximum atomic E-state index is 12.8. The fourth-order valence-electron chi connectivity index (χ4n) is 4.26. The Balaban J connectivity index is 1.46. The molecular weight excluding hydrogens is 410 g/mol. The van der Waals surface area contributed by atoms with Gasteiger partial charge < -0.3 is 14.6 Å². The van der Waals surface area contributed by atoms with Gasteiger partial charge in [-0.15, -0.1) is 0 Å². The summed E-state index contributed by atoms with van der Waals surface area (Å²) in [5.74, 6) is 1.74. The van der Waals surface area contributed by atoms with Crippen molar-refractivity contribution in [2.75, 3.05) is 6.61 Å². The number of carbonyl (C=O) groups is 1. The van der Waals surface area contributed by atoms with Gasteiger partial charge in [-0.1, -0.05) is 48.0 Å². The van der Waals surface area contributed by atoms with Crippen LogP contribution in [0.2, 0.25) is 0 Å². The van der Waals surface area contributed by atoms with Gasteiger partial charge in [0.1, 0.15) is 11.6 Å². The molecule has 5 nitrogen and oxygen atoms in total.